The molecule has 2 aliphatic rings. The molecule has 1 aromatic heterocycles. The first-order valence-corrected chi connectivity index (χ1v) is 12.0. The Hall–Kier alpha value is -3.67. The third-order valence-electron chi connectivity index (χ3n) is 6.80. The number of Topliss-reactive ketones (excluding diaryl/α,β-unsaturated/α-hetero) is 1. The van der Waals surface area contributed by atoms with Gasteiger partial charge in [0.2, 0.25) is 0 Å². The third-order valence-corrected chi connectivity index (χ3v) is 6.80. The molecule has 2 bridgehead atoms. The number of likely N-dealkylation sites (tertiary alicyclic amines) is 1. The van der Waals surface area contributed by atoms with Crippen LogP contribution in [-0.2, 0) is 16.0 Å². The SMILES string of the molecule is CC(C)(C)OC(=O)N1[C@@H]2CC[C@@H](C2)[C@H]1C(=O)C[C@H](C#N)Cc1ccc(-c2cc(C(=O)O)co2)cc1F. The second kappa shape index (κ2) is 9.76. The predicted octanol–water partition coefficient (Wildman–Crippen LogP) is 5.21. The highest BCUT2D eigenvalue weighted by Gasteiger charge is 2.52. The van der Waals surface area contributed by atoms with Crippen LogP contribution in [0.25, 0.3) is 11.3 Å². The highest BCUT2D eigenvalue weighted by atomic mass is 19.1. The Kier molecular flexibility index (Phi) is 6.90. The summed E-state index contributed by atoms with van der Waals surface area (Å²) in [5.74, 6) is -2.43. The molecule has 190 valence electrons. The van der Waals surface area contributed by atoms with E-state index in [9.17, 15) is 24.0 Å². The number of benzene rings is 1. The van der Waals surface area contributed by atoms with Gasteiger partial charge in [0.1, 0.15) is 23.4 Å². The van der Waals surface area contributed by atoms with Crippen molar-refractivity contribution in [1.82, 2.24) is 4.90 Å². The number of carboxylic acids is 1. The van der Waals surface area contributed by atoms with Gasteiger partial charge in [-0.2, -0.15) is 5.26 Å². The lowest BCUT2D eigenvalue weighted by Gasteiger charge is -2.35. The number of halogens is 1. The van der Waals surface area contributed by atoms with Gasteiger partial charge in [0.05, 0.1) is 23.6 Å². The van der Waals surface area contributed by atoms with E-state index in [1.165, 1.54) is 18.2 Å². The minimum Gasteiger partial charge on any atom is -0.478 e. The van der Waals surface area contributed by atoms with Gasteiger partial charge in [-0.25, -0.2) is 14.0 Å². The topological polar surface area (TPSA) is 121 Å². The standard InChI is InChI=1S/C27H29FN2O6/c1-27(2,3)36-26(34)30-20-7-6-18(10-20)24(30)22(31)9-15(13-29)8-16-4-5-17(11-21(16)28)23-12-19(14-35-23)25(32)33/h4-5,11-12,14-15,18,20,24H,6-10H2,1-3H3,(H,32,33)/t15-,18+,20-,24+/m1/s1. The van der Waals surface area contributed by atoms with Crippen LogP contribution in [0.1, 0.15) is 62.4 Å². The van der Waals surface area contributed by atoms with Gasteiger partial charge in [-0.3, -0.25) is 9.69 Å². The lowest BCUT2D eigenvalue weighted by molar-refractivity contribution is -0.126. The van der Waals surface area contributed by atoms with Gasteiger partial charge in [0, 0.05) is 18.0 Å². The fourth-order valence-electron chi connectivity index (χ4n) is 5.24. The molecule has 8 nitrogen and oxygen atoms in total. The zero-order valence-electron chi connectivity index (χ0n) is 20.5. The number of ketones is 1. The minimum absolute atomic E-state index is 0.0279. The van der Waals surface area contributed by atoms with Crippen LogP contribution >= 0.6 is 0 Å². The van der Waals surface area contributed by atoms with E-state index in [4.69, 9.17) is 14.3 Å². The van der Waals surface area contributed by atoms with Crippen molar-refractivity contribution in [2.24, 2.45) is 11.8 Å². The molecule has 36 heavy (non-hydrogen) atoms. The molecular formula is C27H29FN2O6. The first kappa shape index (κ1) is 25.4. The zero-order chi connectivity index (χ0) is 26.2. The Morgan fingerprint density at radius 2 is 2.03 bits per heavy atom. The zero-order valence-corrected chi connectivity index (χ0v) is 20.5. The van der Waals surface area contributed by atoms with E-state index in [2.05, 4.69) is 6.07 Å². The summed E-state index contributed by atoms with van der Waals surface area (Å²) in [6.45, 7) is 5.33. The van der Waals surface area contributed by atoms with Crippen molar-refractivity contribution in [3.63, 3.8) is 0 Å². The Bertz CT molecular complexity index is 1220. The molecular weight excluding hydrogens is 467 g/mol. The highest BCUT2D eigenvalue weighted by Crippen LogP contribution is 2.44. The van der Waals surface area contributed by atoms with Crippen molar-refractivity contribution in [3.05, 3.63) is 47.5 Å². The van der Waals surface area contributed by atoms with E-state index in [1.807, 2.05) is 0 Å². The van der Waals surface area contributed by atoms with Crippen LogP contribution in [0.2, 0.25) is 0 Å². The van der Waals surface area contributed by atoms with E-state index < -0.39 is 35.4 Å². The summed E-state index contributed by atoms with van der Waals surface area (Å²) in [4.78, 5) is 38.7. The molecule has 1 aliphatic carbocycles. The molecule has 4 atom stereocenters. The number of carboxylic acid groups (broad SMARTS) is 1. The van der Waals surface area contributed by atoms with Crippen LogP contribution in [0, 0.1) is 29.0 Å². The van der Waals surface area contributed by atoms with Crippen molar-refractivity contribution in [3.8, 4) is 17.4 Å². The number of carbonyl (C=O) groups excluding carboxylic acids is 2. The van der Waals surface area contributed by atoms with Crippen LogP contribution in [0.15, 0.2) is 34.9 Å². The van der Waals surface area contributed by atoms with Crippen LogP contribution in [0.3, 0.4) is 0 Å². The first-order valence-electron chi connectivity index (χ1n) is 12.0. The largest absolute Gasteiger partial charge is 0.478 e. The normalized spacial score (nSPS) is 21.8. The molecule has 2 aromatic rings. The average Bonchev–Trinajstić information content (AvgIpc) is 3.54. The number of aromatic carboxylic acids is 1. The molecule has 1 saturated carbocycles. The highest BCUT2D eigenvalue weighted by molar-refractivity contribution is 5.89. The lowest BCUT2D eigenvalue weighted by atomic mass is 9.87. The fraction of sp³-hybridized carbons (Fsp3) is 0.481. The van der Waals surface area contributed by atoms with Crippen molar-refractivity contribution in [2.45, 2.75) is 70.6 Å². The fourth-order valence-corrected chi connectivity index (χ4v) is 5.24. The second-order valence-electron chi connectivity index (χ2n) is 10.6. The number of rotatable bonds is 7. The maximum Gasteiger partial charge on any atom is 0.411 e. The Balaban J connectivity index is 1.45. The smallest absolute Gasteiger partial charge is 0.411 e. The molecule has 9 heteroatoms. The molecule has 1 amide bonds. The molecule has 2 fully saturated rings. The second-order valence-corrected chi connectivity index (χ2v) is 10.6. The number of hydrogen-bond donors (Lipinski definition) is 1. The number of amides is 1. The average molecular weight is 497 g/mol. The van der Waals surface area contributed by atoms with Crippen LogP contribution < -0.4 is 0 Å². The van der Waals surface area contributed by atoms with E-state index in [-0.39, 0.29) is 47.5 Å². The molecule has 0 radical (unpaired) electrons. The number of hydrogen-bond acceptors (Lipinski definition) is 6. The van der Waals surface area contributed by atoms with Gasteiger partial charge < -0.3 is 14.3 Å². The van der Waals surface area contributed by atoms with Crippen molar-refractivity contribution in [1.29, 1.82) is 5.26 Å². The number of furan rings is 1. The van der Waals surface area contributed by atoms with Crippen LogP contribution in [0.5, 0.6) is 0 Å². The monoisotopic (exact) mass is 496 g/mol. The summed E-state index contributed by atoms with van der Waals surface area (Å²) in [6, 6.07) is 7.07. The Morgan fingerprint density at radius 3 is 2.64 bits per heavy atom. The maximum atomic E-state index is 14.9. The number of fused-ring (bicyclic) bond motifs is 2. The van der Waals surface area contributed by atoms with E-state index in [0.717, 1.165) is 25.5 Å². The number of nitrogens with zero attached hydrogens (tertiary/aromatic N) is 2. The summed E-state index contributed by atoms with van der Waals surface area (Å²) in [7, 11) is 0. The van der Waals surface area contributed by atoms with Crippen molar-refractivity contribution >= 4 is 17.8 Å². The van der Waals surface area contributed by atoms with Gasteiger partial charge in [-0.1, -0.05) is 12.1 Å². The summed E-state index contributed by atoms with van der Waals surface area (Å²) < 4.78 is 25.6. The molecule has 2 heterocycles. The number of piperidine rings is 1. The van der Waals surface area contributed by atoms with E-state index >= 15 is 0 Å². The van der Waals surface area contributed by atoms with Gasteiger partial charge in [0.15, 0.2) is 5.78 Å². The lowest BCUT2D eigenvalue weighted by Crippen LogP contribution is -2.51. The van der Waals surface area contributed by atoms with Crippen molar-refractivity contribution in [2.75, 3.05) is 0 Å². The molecule has 4 rings (SSSR count). The molecule has 1 aliphatic heterocycles. The summed E-state index contributed by atoms with van der Waals surface area (Å²) in [5.41, 5.74) is -0.0992. The Labute approximate surface area is 208 Å². The van der Waals surface area contributed by atoms with Gasteiger partial charge in [-0.15, -0.1) is 0 Å². The maximum absolute atomic E-state index is 14.9. The van der Waals surface area contributed by atoms with Gasteiger partial charge >= 0.3 is 12.1 Å². The summed E-state index contributed by atoms with van der Waals surface area (Å²) in [6.07, 6.45) is 2.94. The number of carbonyl (C=O) groups is 3. The van der Waals surface area contributed by atoms with Crippen LogP contribution in [-0.4, -0.2) is 45.5 Å². The third kappa shape index (κ3) is 5.27. The molecule has 0 unspecified atom stereocenters. The number of nitriles is 1. The summed E-state index contributed by atoms with van der Waals surface area (Å²) >= 11 is 0. The van der Waals surface area contributed by atoms with E-state index in [0.29, 0.717) is 5.56 Å². The molecule has 1 aromatic carbocycles. The van der Waals surface area contributed by atoms with E-state index in [1.54, 1.807) is 31.7 Å². The minimum atomic E-state index is -1.15. The molecule has 0 spiro atoms. The van der Waals surface area contributed by atoms with Gasteiger partial charge in [0.25, 0.3) is 0 Å². The summed E-state index contributed by atoms with van der Waals surface area (Å²) in [5, 5.41) is 18.7. The quantitative estimate of drug-likeness (QED) is 0.558. The Morgan fingerprint density at radius 1 is 1.28 bits per heavy atom. The molecule has 1 N–H and O–H groups in total. The number of ether oxygens (including phenoxy) is 1. The molecule has 1 saturated heterocycles. The predicted molar refractivity (Wildman–Crippen MR) is 126 cm³/mol. The first-order chi connectivity index (χ1) is 17.0. The van der Waals surface area contributed by atoms with Crippen molar-refractivity contribution < 1.29 is 33.0 Å². The van der Waals surface area contributed by atoms with Crippen LogP contribution in [0.4, 0.5) is 9.18 Å². The van der Waals surface area contributed by atoms with Gasteiger partial charge in [-0.05, 0) is 70.1 Å².